The summed E-state index contributed by atoms with van der Waals surface area (Å²) >= 11 is 0. The molecular weight excluding hydrogens is 329 g/mol. The molecule has 0 saturated carbocycles. The van der Waals surface area contributed by atoms with Gasteiger partial charge >= 0.3 is 0 Å². The summed E-state index contributed by atoms with van der Waals surface area (Å²) in [7, 11) is 0. The number of hydrogen-bond donors (Lipinski definition) is 1. The number of carbonyl (C=O) groups is 1. The van der Waals surface area contributed by atoms with E-state index >= 15 is 0 Å². The maximum absolute atomic E-state index is 13.4. The number of hydrogen-bond acceptors (Lipinski definition) is 3. The fourth-order valence-corrected chi connectivity index (χ4v) is 3.48. The van der Waals surface area contributed by atoms with Crippen LogP contribution in [-0.2, 0) is 0 Å². The molecule has 1 amide bonds. The summed E-state index contributed by atoms with van der Waals surface area (Å²) in [4.78, 5) is 19.6. The van der Waals surface area contributed by atoms with Crippen LogP contribution in [0.3, 0.4) is 0 Å². The van der Waals surface area contributed by atoms with Gasteiger partial charge in [-0.25, -0.2) is 9.37 Å². The minimum absolute atomic E-state index is 0.288. The molecule has 0 atom stereocenters. The predicted molar refractivity (Wildman–Crippen MR) is 102 cm³/mol. The maximum Gasteiger partial charge on any atom is 0.257 e. The highest BCUT2D eigenvalue weighted by molar-refractivity contribution is 6.14. The van der Waals surface area contributed by atoms with Crippen LogP contribution < -0.4 is 10.2 Å². The normalized spacial score (nSPS) is 14.4. The van der Waals surface area contributed by atoms with Crippen molar-refractivity contribution in [2.45, 2.75) is 19.3 Å². The summed E-state index contributed by atoms with van der Waals surface area (Å²) in [5, 5.41) is 4.59. The van der Waals surface area contributed by atoms with Gasteiger partial charge in [0.1, 0.15) is 11.6 Å². The lowest BCUT2D eigenvalue weighted by molar-refractivity contribution is 0.102. The molecule has 1 aliphatic heterocycles. The Kier molecular flexibility index (Phi) is 4.52. The van der Waals surface area contributed by atoms with E-state index in [-0.39, 0.29) is 11.7 Å². The van der Waals surface area contributed by atoms with E-state index in [0.717, 1.165) is 42.5 Å². The van der Waals surface area contributed by atoms with Gasteiger partial charge in [-0.2, -0.15) is 0 Å². The van der Waals surface area contributed by atoms with Gasteiger partial charge in [0.2, 0.25) is 0 Å². The summed E-state index contributed by atoms with van der Waals surface area (Å²) in [5.74, 6) is 0.262. The summed E-state index contributed by atoms with van der Waals surface area (Å²) < 4.78 is 13.4. The van der Waals surface area contributed by atoms with E-state index in [1.54, 1.807) is 18.3 Å². The van der Waals surface area contributed by atoms with Crippen molar-refractivity contribution in [3.05, 3.63) is 66.1 Å². The molecule has 26 heavy (non-hydrogen) atoms. The van der Waals surface area contributed by atoms with Gasteiger partial charge in [-0.05, 0) is 42.8 Å². The van der Waals surface area contributed by atoms with E-state index in [1.165, 1.54) is 18.6 Å². The number of benzene rings is 2. The van der Waals surface area contributed by atoms with Gasteiger partial charge in [0.15, 0.2) is 0 Å². The summed E-state index contributed by atoms with van der Waals surface area (Å²) in [6.45, 7) is 1.98. The zero-order valence-corrected chi connectivity index (χ0v) is 14.4. The zero-order chi connectivity index (χ0) is 17.9. The Labute approximate surface area is 151 Å². The molecule has 1 aliphatic rings. The molecule has 0 aliphatic carbocycles. The molecule has 2 aromatic carbocycles. The van der Waals surface area contributed by atoms with Crippen molar-refractivity contribution in [3.8, 4) is 0 Å². The highest BCUT2D eigenvalue weighted by Gasteiger charge is 2.18. The predicted octanol–water partition coefficient (Wildman–Crippen LogP) is 4.62. The first-order valence-corrected chi connectivity index (χ1v) is 8.92. The summed E-state index contributed by atoms with van der Waals surface area (Å²) in [6.07, 6.45) is 5.21. The molecule has 1 saturated heterocycles. The highest BCUT2D eigenvalue weighted by atomic mass is 19.1. The number of amides is 1. The molecule has 132 valence electrons. The molecule has 0 bridgehead atoms. The van der Waals surface area contributed by atoms with Crippen LogP contribution in [0.4, 0.5) is 15.9 Å². The maximum atomic E-state index is 13.4. The van der Waals surface area contributed by atoms with Gasteiger partial charge in [0, 0.05) is 30.4 Å². The highest BCUT2D eigenvalue weighted by Crippen LogP contribution is 2.29. The second-order valence-electron chi connectivity index (χ2n) is 6.55. The molecule has 1 fully saturated rings. The minimum atomic E-state index is -0.383. The van der Waals surface area contributed by atoms with Gasteiger partial charge < -0.3 is 10.2 Å². The van der Waals surface area contributed by atoms with Crippen LogP contribution >= 0.6 is 0 Å². The van der Waals surface area contributed by atoms with Gasteiger partial charge in [-0.15, -0.1) is 0 Å². The van der Waals surface area contributed by atoms with Gasteiger partial charge in [0.05, 0.1) is 5.56 Å². The zero-order valence-electron chi connectivity index (χ0n) is 14.4. The lowest BCUT2D eigenvalue weighted by atomic mass is 10.0. The Hall–Kier alpha value is -2.95. The molecule has 4 rings (SSSR count). The number of nitrogens with zero attached hydrogens (tertiary/aromatic N) is 2. The second-order valence-corrected chi connectivity index (χ2v) is 6.55. The monoisotopic (exact) mass is 349 g/mol. The number of anilines is 2. The number of aromatic nitrogens is 1. The van der Waals surface area contributed by atoms with E-state index in [1.807, 2.05) is 24.3 Å². The Morgan fingerprint density at radius 1 is 1.00 bits per heavy atom. The van der Waals surface area contributed by atoms with Crippen molar-refractivity contribution in [1.82, 2.24) is 4.98 Å². The number of nitrogens with one attached hydrogen (secondary N) is 1. The van der Waals surface area contributed by atoms with Crippen molar-refractivity contribution in [2.24, 2.45) is 0 Å². The van der Waals surface area contributed by atoms with Gasteiger partial charge in [-0.3, -0.25) is 4.79 Å². The van der Waals surface area contributed by atoms with Crippen LogP contribution in [0.1, 0.15) is 29.6 Å². The third kappa shape index (κ3) is 3.25. The SMILES string of the molecule is O=C(Nc1cccc(F)c1)c1cnc(N2CCCCC2)c2ccccc12. The number of fused-ring (bicyclic) bond motifs is 1. The molecule has 0 unspecified atom stereocenters. The van der Waals surface area contributed by atoms with Gasteiger partial charge in [-0.1, -0.05) is 30.3 Å². The summed E-state index contributed by atoms with van der Waals surface area (Å²) in [6, 6.07) is 13.7. The number of halogens is 1. The molecule has 1 aromatic heterocycles. The van der Waals surface area contributed by atoms with Crippen LogP contribution in [-0.4, -0.2) is 24.0 Å². The molecule has 1 N–H and O–H groups in total. The molecule has 0 radical (unpaired) electrons. The van der Waals surface area contributed by atoms with Crippen molar-refractivity contribution < 1.29 is 9.18 Å². The van der Waals surface area contributed by atoms with E-state index in [4.69, 9.17) is 0 Å². The van der Waals surface area contributed by atoms with E-state index in [2.05, 4.69) is 15.2 Å². The summed E-state index contributed by atoms with van der Waals surface area (Å²) in [5.41, 5.74) is 0.921. The van der Waals surface area contributed by atoms with E-state index in [0.29, 0.717) is 11.3 Å². The number of rotatable bonds is 3. The first-order chi connectivity index (χ1) is 12.7. The van der Waals surface area contributed by atoms with Crippen LogP contribution in [0.5, 0.6) is 0 Å². The molecule has 2 heterocycles. The Morgan fingerprint density at radius 3 is 2.54 bits per heavy atom. The Morgan fingerprint density at radius 2 is 1.77 bits per heavy atom. The number of pyridine rings is 1. The van der Waals surface area contributed by atoms with Crippen molar-refractivity contribution in [1.29, 1.82) is 0 Å². The lowest BCUT2D eigenvalue weighted by Crippen LogP contribution is -2.30. The number of piperidine rings is 1. The van der Waals surface area contributed by atoms with Crippen LogP contribution in [0.15, 0.2) is 54.7 Å². The third-order valence-electron chi connectivity index (χ3n) is 4.76. The van der Waals surface area contributed by atoms with Crippen LogP contribution in [0.2, 0.25) is 0 Å². The molecule has 0 spiro atoms. The fourth-order valence-electron chi connectivity index (χ4n) is 3.48. The Balaban J connectivity index is 1.70. The molecule has 4 nitrogen and oxygen atoms in total. The lowest BCUT2D eigenvalue weighted by Gasteiger charge is -2.29. The third-order valence-corrected chi connectivity index (χ3v) is 4.76. The van der Waals surface area contributed by atoms with Crippen LogP contribution in [0, 0.1) is 5.82 Å². The molecule has 5 heteroatoms. The topological polar surface area (TPSA) is 45.2 Å². The van der Waals surface area contributed by atoms with Crippen LogP contribution in [0.25, 0.3) is 10.8 Å². The average molecular weight is 349 g/mol. The Bertz CT molecular complexity index is 951. The smallest absolute Gasteiger partial charge is 0.257 e. The average Bonchev–Trinajstić information content (AvgIpc) is 2.68. The largest absolute Gasteiger partial charge is 0.356 e. The first kappa shape index (κ1) is 16.5. The van der Waals surface area contributed by atoms with Gasteiger partial charge in [0.25, 0.3) is 5.91 Å². The quantitative estimate of drug-likeness (QED) is 0.751. The number of carbonyl (C=O) groups excluding carboxylic acids is 1. The van der Waals surface area contributed by atoms with Crippen molar-refractivity contribution in [3.63, 3.8) is 0 Å². The molecular formula is C21H20FN3O. The van der Waals surface area contributed by atoms with E-state index < -0.39 is 0 Å². The minimum Gasteiger partial charge on any atom is -0.356 e. The van der Waals surface area contributed by atoms with Crippen molar-refractivity contribution in [2.75, 3.05) is 23.3 Å². The van der Waals surface area contributed by atoms with Crippen molar-refractivity contribution >= 4 is 28.2 Å². The second kappa shape index (κ2) is 7.12. The standard InChI is InChI=1S/C21H20FN3O/c22-15-7-6-8-16(13-15)24-21(26)19-14-23-20(25-11-4-1-5-12-25)18-10-3-2-9-17(18)19/h2-3,6-10,13-14H,1,4-5,11-12H2,(H,24,26). The first-order valence-electron chi connectivity index (χ1n) is 8.92. The van der Waals surface area contributed by atoms with E-state index in [9.17, 15) is 9.18 Å². The fraction of sp³-hybridized carbons (Fsp3) is 0.238. The molecule has 3 aromatic rings.